The van der Waals surface area contributed by atoms with Gasteiger partial charge < -0.3 is 5.32 Å². The predicted molar refractivity (Wildman–Crippen MR) is 71.8 cm³/mol. The van der Waals surface area contributed by atoms with Crippen molar-refractivity contribution in [3.05, 3.63) is 70.8 Å². The van der Waals surface area contributed by atoms with E-state index < -0.39 is 0 Å². The number of nitrogens with one attached hydrogen (secondary N) is 1. The minimum atomic E-state index is 0.0361. The highest BCUT2D eigenvalue weighted by atomic mass is 16.1. The first-order valence-electron chi connectivity index (χ1n) is 6.19. The van der Waals surface area contributed by atoms with E-state index in [1.54, 1.807) is 0 Å². The van der Waals surface area contributed by atoms with E-state index in [1.165, 1.54) is 11.1 Å². The molecule has 0 radical (unpaired) electrons. The molecule has 3 rings (SSSR count). The van der Waals surface area contributed by atoms with Gasteiger partial charge in [-0.3, -0.25) is 4.79 Å². The van der Waals surface area contributed by atoms with Crippen LogP contribution in [0.2, 0.25) is 0 Å². The molecule has 2 aromatic carbocycles. The van der Waals surface area contributed by atoms with Crippen LogP contribution in [-0.2, 0) is 0 Å². The van der Waals surface area contributed by atoms with Crippen molar-refractivity contribution < 1.29 is 4.79 Å². The van der Waals surface area contributed by atoms with Gasteiger partial charge in [-0.05, 0) is 24.1 Å². The number of rotatable bonds is 1. The molecular formula is C16H15NO. The average molecular weight is 237 g/mol. The molecule has 1 atom stereocenters. The largest absolute Gasteiger partial charge is 0.351 e. The van der Waals surface area contributed by atoms with Gasteiger partial charge in [0.25, 0.3) is 5.91 Å². The Morgan fingerprint density at radius 1 is 1.06 bits per heavy atom. The molecule has 0 saturated heterocycles. The lowest BCUT2D eigenvalue weighted by atomic mass is 9.85. The summed E-state index contributed by atoms with van der Waals surface area (Å²) in [5.41, 5.74) is 4.44. The third kappa shape index (κ3) is 1.80. The number of benzene rings is 2. The summed E-state index contributed by atoms with van der Waals surface area (Å²) >= 11 is 0. The first kappa shape index (κ1) is 11.0. The summed E-state index contributed by atoms with van der Waals surface area (Å²) in [7, 11) is 0. The van der Waals surface area contributed by atoms with Gasteiger partial charge in [0, 0.05) is 18.0 Å². The molecule has 1 aliphatic heterocycles. The molecule has 0 aromatic heterocycles. The average Bonchev–Trinajstić information content (AvgIpc) is 2.41. The van der Waals surface area contributed by atoms with E-state index in [0.29, 0.717) is 6.54 Å². The van der Waals surface area contributed by atoms with Gasteiger partial charge in [0.1, 0.15) is 0 Å². The van der Waals surface area contributed by atoms with E-state index >= 15 is 0 Å². The Labute approximate surface area is 107 Å². The van der Waals surface area contributed by atoms with E-state index in [0.717, 1.165) is 11.1 Å². The Morgan fingerprint density at radius 3 is 2.56 bits per heavy atom. The van der Waals surface area contributed by atoms with Crippen molar-refractivity contribution in [1.82, 2.24) is 5.32 Å². The summed E-state index contributed by atoms with van der Waals surface area (Å²) in [6.07, 6.45) is 0. The Bertz CT molecular complexity index is 586. The highest BCUT2D eigenvalue weighted by molar-refractivity contribution is 5.97. The maximum absolute atomic E-state index is 11.8. The van der Waals surface area contributed by atoms with Crippen LogP contribution in [0.25, 0.3) is 0 Å². The van der Waals surface area contributed by atoms with E-state index in [4.69, 9.17) is 0 Å². The van der Waals surface area contributed by atoms with Gasteiger partial charge in [0.15, 0.2) is 0 Å². The van der Waals surface area contributed by atoms with Crippen molar-refractivity contribution in [1.29, 1.82) is 0 Å². The second kappa shape index (κ2) is 4.30. The quantitative estimate of drug-likeness (QED) is 0.811. The Morgan fingerprint density at radius 2 is 1.78 bits per heavy atom. The SMILES string of the molecule is Cc1ccc(C2CNC(=O)c3ccccc32)cc1. The van der Waals surface area contributed by atoms with Gasteiger partial charge in [0.05, 0.1) is 0 Å². The Kier molecular flexibility index (Phi) is 2.63. The molecule has 0 spiro atoms. The standard InChI is InChI=1S/C16H15NO/c1-11-6-8-12(9-7-11)15-10-17-16(18)14-5-3-2-4-13(14)15/h2-9,15H,10H2,1H3,(H,17,18). The molecule has 0 saturated carbocycles. The zero-order valence-corrected chi connectivity index (χ0v) is 10.3. The zero-order valence-electron chi connectivity index (χ0n) is 10.3. The molecule has 1 heterocycles. The summed E-state index contributed by atoms with van der Waals surface area (Å²) < 4.78 is 0. The van der Waals surface area contributed by atoms with Crippen LogP contribution in [-0.4, -0.2) is 12.5 Å². The minimum Gasteiger partial charge on any atom is -0.351 e. The zero-order chi connectivity index (χ0) is 12.5. The van der Waals surface area contributed by atoms with E-state index in [2.05, 4.69) is 42.6 Å². The molecule has 1 aliphatic rings. The van der Waals surface area contributed by atoms with Gasteiger partial charge in [-0.25, -0.2) is 0 Å². The highest BCUT2D eigenvalue weighted by Crippen LogP contribution is 2.29. The molecule has 18 heavy (non-hydrogen) atoms. The highest BCUT2D eigenvalue weighted by Gasteiger charge is 2.25. The van der Waals surface area contributed by atoms with E-state index in [1.807, 2.05) is 18.2 Å². The van der Waals surface area contributed by atoms with Crippen LogP contribution in [0.5, 0.6) is 0 Å². The minimum absolute atomic E-state index is 0.0361. The number of fused-ring (bicyclic) bond motifs is 1. The fourth-order valence-electron chi connectivity index (χ4n) is 2.50. The Hall–Kier alpha value is -2.09. The summed E-state index contributed by atoms with van der Waals surface area (Å²) in [6, 6.07) is 16.4. The first-order chi connectivity index (χ1) is 8.75. The second-order valence-electron chi connectivity index (χ2n) is 4.76. The van der Waals surface area contributed by atoms with Crippen molar-refractivity contribution in [2.24, 2.45) is 0 Å². The number of hydrogen-bond acceptors (Lipinski definition) is 1. The monoisotopic (exact) mass is 237 g/mol. The molecule has 0 aliphatic carbocycles. The van der Waals surface area contributed by atoms with Crippen LogP contribution >= 0.6 is 0 Å². The lowest BCUT2D eigenvalue weighted by Gasteiger charge is -2.26. The predicted octanol–water partition coefficient (Wildman–Crippen LogP) is 2.87. The Balaban J connectivity index is 2.07. The van der Waals surface area contributed by atoms with Crippen molar-refractivity contribution in [2.45, 2.75) is 12.8 Å². The van der Waals surface area contributed by atoms with Gasteiger partial charge in [-0.15, -0.1) is 0 Å². The molecule has 1 N–H and O–H groups in total. The van der Waals surface area contributed by atoms with Crippen LogP contribution in [0.4, 0.5) is 0 Å². The molecule has 90 valence electrons. The van der Waals surface area contributed by atoms with Gasteiger partial charge in [-0.2, -0.15) is 0 Å². The summed E-state index contributed by atoms with van der Waals surface area (Å²) in [6.45, 7) is 2.76. The van der Waals surface area contributed by atoms with Crippen molar-refractivity contribution >= 4 is 5.91 Å². The molecular weight excluding hydrogens is 222 g/mol. The number of carbonyl (C=O) groups is 1. The normalized spacial score (nSPS) is 18.1. The molecule has 2 aromatic rings. The lowest BCUT2D eigenvalue weighted by Crippen LogP contribution is -2.35. The van der Waals surface area contributed by atoms with Crippen LogP contribution in [0, 0.1) is 6.92 Å². The smallest absolute Gasteiger partial charge is 0.251 e. The number of hydrogen-bond donors (Lipinski definition) is 1. The third-order valence-corrected chi connectivity index (χ3v) is 3.53. The molecule has 2 heteroatoms. The van der Waals surface area contributed by atoms with Crippen LogP contribution < -0.4 is 5.32 Å². The third-order valence-electron chi connectivity index (χ3n) is 3.53. The summed E-state index contributed by atoms with van der Waals surface area (Å²) in [5, 5.41) is 2.96. The summed E-state index contributed by atoms with van der Waals surface area (Å²) in [5.74, 6) is 0.300. The van der Waals surface area contributed by atoms with E-state index in [-0.39, 0.29) is 11.8 Å². The maximum atomic E-state index is 11.8. The second-order valence-corrected chi connectivity index (χ2v) is 4.76. The molecule has 0 bridgehead atoms. The summed E-state index contributed by atoms with van der Waals surface area (Å²) in [4.78, 5) is 11.8. The van der Waals surface area contributed by atoms with Gasteiger partial charge in [-0.1, -0.05) is 48.0 Å². The van der Waals surface area contributed by atoms with Crippen LogP contribution in [0.1, 0.15) is 33.0 Å². The molecule has 1 unspecified atom stereocenters. The van der Waals surface area contributed by atoms with Crippen LogP contribution in [0.15, 0.2) is 48.5 Å². The van der Waals surface area contributed by atoms with Crippen LogP contribution in [0.3, 0.4) is 0 Å². The molecule has 2 nitrogen and oxygen atoms in total. The van der Waals surface area contributed by atoms with Crippen molar-refractivity contribution in [3.63, 3.8) is 0 Å². The fraction of sp³-hybridized carbons (Fsp3) is 0.188. The maximum Gasteiger partial charge on any atom is 0.251 e. The van der Waals surface area contributed by atoms with Gasteiger partial charge in [0.2, 0.25) is 0 Å². The topological polar surface area (TPSA) is 29.1 Å². The van der Waals surface area contributed by atoms with Crippen molar-refractivity contribution in [3.8, 4) is 0 Å². The first-order valence-corrected chi connectivity index (χ1v) is 6.19. The fourth-order valence-corrected chi connectivity index (χ4v) is 2.50. The molecule has 0 fully saturated rings. The number of carbonyl (C=O) groups excluding carboxylic acids is 1. The molecule has 1 amide bonds. The lowest BCUT2D eigenvalue weighted by molar-refractivity contribution is 0.0942. The van der Waals surface area contributed by atoms with Gasteiger partial charge >= 0.3 is 0 Å². The number of aryl methyl sites for hydroxylation is 1. The number of amides is 1. The van der Waals surface area contributed by atoms with E-state index in [9.17, 15) is 4.79 Å². The van der Waals surface area contributed by atoms with Crippen molar-refractivity contribution in [2.75, 3.05) is 6.54 Å².